The van der Waals surface area contributed by atoms with Gasteiger partial charge in [0.05, 0.1) is 32.4 Å². The zero-order valence-corrected chi connectivity index (χ0v) is 23.0. The molecule has 37 heavy (non-hydrogen) atoms. The number of nitrogens with one attached hydrogen (secondary N) is 1. The first-order chi connectivity index (χ1) is 16.7. The van der Waals surface area contributed by atoms with Crippen molar-refractivity contribution in [1.29, 1.82) is 0 Å². The van der Waals surface area contributed by atoms with Crippen molar-refractivity contribution in [3.63, 3.8) is 0 Å². The Labute approximate surface area is 233 Å². The maximum atomic E-state index is 15.2. The number of hydrogen-bond acceptors (Lipinski definition) is 5. The smallest absolute Gasteiger partial charge is 0.266 e. The van der Waals surface area contributed by atoms with Crippen molar-refractivity contribution in [1.82, 2.24) is 9.55 Å². The number of halogens is 5. The summed E-state index contributed by atoms with van der Waals surface area (Å²) in [7, 11) is 0. The molecule has 196 valence electrons. The Bertz CT molecular complexity index is 1470. The highest BCUT2D eigenvalue weighted by Crippen LogP contribution is 2.32. The van der Waals surface area contributed by atoms with Crippen LogP contribution in [-0.2, 0) is 0 Å². The third-order valence-corrected chi connectivity index (χ3v) is 7.10. The predicted octanol–water partition coefficient (Wildman–Crippen LogP) is 6.12. The summed E-state index contributed by atoms with van der Waals surface area (Å²) >= 11 is 16.9. The number of carbonyl (C=O) groups excluding carboxylic acids is 2. The minimum atomic E-state index is -1.03. The highest BCUT2D eigenvalue weighted by Gasteiger charge is 2.28. The average Bonchev–Trinajstić information content (AvgIpc) is 3.19. The van der Waals surface area contributed by atoms with Crippen LogP contribution in [0.3, 0.4) is 0 Å². The highest BCUT2D eigenvalue weighted by atomic mass is 79.9. The second-order valence-electron chi connectivity index (χ2n) is 7.40. The van der Waals surface area contributed by atoms with Crippen molar-refractivity contribution >= 4 is 79.5 Å². The maximum Gasteiger partial charge on any atom is 0.266 e. The van der Waals surface area contributed by atoms with E-state index < -0.39 is 28.9 Å². The summed E-state index contributed by atoms with van der Waals surface area (Å²) in [6.45, 7) is 1.96. The molecule has 0 saturated carbocycles. The fraction of sp³-hybridized carbons (Fsp3) is 0.125. The van der Waals surface area contributed by atoms with Crippen LogP contribution >= 0.6 is 51.1 Å². The topological polar surface area (TPSA) is 127 Å². The van der Waals surface area contributed by atoms with E-state index in [-0.39, 0.29) is 48.8 Å². The number of nitrogens with zero attached hydrogens (tertiary/aromatic N) is 2. The molecule has 0 bridgehead atoms. The third kappa shape index (κ3) is 5.97. The summed E-state index contributed by atoms with van der Waals surface area (Å²) in [5.74, 6) is -2.94. The molecule has 7 nitrogen and oxygen atoms in total. The van der Waals surface area contributed by atoms with E-state index in [1.54, 1.807) is 12.1 Å². The van der Waals surface area contributed by atoms with Crippen LogP contribution in [0.2, 0.25) is 10.0 Å². The van der Waals surface area contributed by atoms with Gasteiger partial charge in [0.25, 0.3) is 5.91 Å². The van der Waals surface area contributed by atoms with E-state index in [1.165, 1.54) is 42.5 Å². The lowest BCUT2D eigenvalue weighted by Crippen LogP contribution is -2.13. The first-order valence-electron chi connectivity index (χ1n) is 10.3. The quantitative estimate of drug-likeness (QED) is 0.149. The van der Waals surface area contributed by atoms with Crippen molar-refractivity contribution in [2.45, 2.75) is 13.3 Å². The van der Waals surface area contributed by atoms with Gasteiger partial charge < -0.3 is 15.7 Å². The van der Waals surface area contributed by atoms with Gasteiger partial charge >= 0.3 is 0 Å². The van der Waals surface area contributed by atoms with Crippen LogP contribution in [0, 0.1) is 11.6 Å². The van der Waals surface area contributed by atoms with Gasteiger partial charge in [-0.25, -0.2) is 13.8 Å². The Morgan fingerprint density at radius 1 is 1.11 bits per heavy atom. The number of benzene rings is 2. The SMILES string of the molecule is CCCSNc1ccc(F)c(C(=O)c2cn(C(=O)c3c(Cl)cccc3Cl)c3ncc(Br)cc23)c1F.O.O. The van der Waals surface area contributed by atoms with E-state index in [4.69, 9.17) is 23.2 Å². The van der Waals surface area contributed by atoms with Crippen LogP contribution in [0.4, 0.5) is 14.5 Å². The van der Waals surface area contributed by atoms with Gasteiger partial charge in [0.2, 0.25) is 5.78 Å². The Morgan fingerprint density at radius 3 is 2.43 bits per heavy atom. The molecule has 0 amide bonds. The molecule has 13 heteroatoms. The zero-order valence-electron chi connectivity index (χ0n) is 19.0. The summed E-state index contributed by atoms with van der Waals surface area (Å²) in [5, 5.41) is 0.433. The average molecular weight is 635 g/mol. The van der Waals surface area contributed by atoms with E-state index >= 15 is 4.39 Å². The Morgan fingerprint density at radius 2 is 1.78 bits per heavy atom. The summed E-state index contributed by atoms with van der Waals surface area (Å²) in [4.78, 5) is 31.1. The van der Waals surface area contributed by atoms with Crippen LogP contribution in [-0.4, -0.2) is 37.9 Å². The van der Waals surface area contributed by atoms with Crippen LogP contribution in [0.25, 0.3) is 11.0 Å². The Balaban J connectivity index is 0.00000241. The normalized spacial score (nSPS) is 10.5. The number of rotatable bonds is 7. The molecule has 0 fully saturated rings. The summed E-state index contributed by atoms with van der Waals surface area (Å²) in [6.07, 6.45) is 3.47. The van der Waals surface area contributed by atoms with Crippen LogP contribution in [0.1, 0.15) is 39.6 Å². The Hall–Kier alpha value is -2.54. The molecular formula is C24H20BrCl2F2N3O4S. The van der Waals surface area contributed by atoms with Crippen molar-refractivity contribution in [2.75, 3.05) is 10.5 Å². The number of hydrogen-bond donors (Lipinski definition) is 1. The Kier molecular flexibility index (Phi) is 10.6. The first kappa shape index (κ1) is 30.7. The largest absolute Gasteiger partial charge is 0.412 e. The van der Waals surface area contributed by atoms with Crippen LogP contribution < -0.4 is 4.72 Å². The minimum absolute atomic E-state index is 0. The molecule has 4 rings (SSSR count). The van der Waals surface area contributed by atoms with E-state index in [2.05, 4.69) is 25.6 Å². The number of aromatic nitrogens is 2. The van der Waals surface area contributed by atoms with Gasteiger partial charge in [-0.1, -0.05) is 48.1 Å². The van der Waals surface area contributed by atoms with Crippen LogP contribution in [0.15, 0.2) is 53.3 Å². The molecule has 2 heterocycles. The molecule has 0 saturated heterocycles. The lowest BCUT2D eigenvalue weighted by atomic mass is 10.0. The molecule has 4 aromatic rings. The lowest BCUT2D eigenvalue weighted by molar-refractivity contribution is 0.0964. The molecule has 0 aliphatic rings. The van der Waals surface area contributed by atoms with Gasteiger partial charge in [-0.3, -0.25) is 14.2 Å². The number of ketones is 1. The molecule has 2 aromatic carbocycles. The molecule has 0 radical (unpaired) electrons. The van der Waals surface area contributed by atoms with E-state index in [1.807, 2.05) is 6.92 Å². The van der Waals surface area contributed by atoms with Crippen molar-refractivity contribution in [3.8, 4) is 0 Å². The molecule has 0 spiro atoms. The molecule has 0 aliphatic carbocycles. The number of fused-ring (bicyclic) bond motifs is 1. The molecular weight excluding hydrogens is 615 g/mol. The molecule has 0 atom stereocenters. The van der Waals surface area contributed by atoms with Gasteiger partial charge in [-0.05, 0) is 52.7 Å². The van der Waals surface area contributed by atoms with Gasteiger partial charge in [0.1, 0.15) is 11.5 Å². The molecule has 2 aromatic heterocycles. The van der Waals surface area contributed by atoms with Crippen molar-refractivity contribution in [3.05, 3.63) is 91.6 Å². The zero-order chi connectivity index (χ0) is 25.3. The second-order valence-corrected chi connectivity index (χ2v) is 10.0. The van der Waals surface area contributed by atoms with Crippen LogP contribution in [0.5, 0.6) is 0 Å². The standard InChI is InChI=1S/C24H16BrCl2F2N3O2S.2H2O/c1-2-8-35-31-18-7-6-17(28)20(21(18)29)22(33)14-11-32(23-13(14)9-12(25)10-30-23)24(34)19-15(26)4-3-5-16(19)27;;/h3-7,9-11,31H,2,8H2,1H3;2*1H2. The summed E-state index contributed by atoms with van der Waals surface area (Å²) in [5.41, 5.74) is -0.759. The summed E-state index contributed by atoms with van der Waals surface area (Å²) < 4.78 is 34.4. The van der Waals surface area contributed by atoms with E-state index in [0.29, 0.717) is 10.2 Å². The number of carbonyl (C=O) groups is 2. The van der Waals surface area contributed by atoms with E-state index in [0.717, 1.165) is 17.1 Å². The van der Waals surface area contributed by atoms with Crippen molar-refractivity contribution < 1.29 is 29.3 Å². The third-order valence-electron chi connectivity index (χ3n) is 5.06. The van der Waals surface area contributed by atoms with E-state index in [9.17, 15) is 14.0 Å². The lowest BCUT2D eigenvalue weighted by Gasteiger charge is -2.10. The highest BCUT2D eigenvalue weighted by molar-refractivity contribution is 9.10. The van der Waals surface area contributed by atoms with Gasteiger partial charge in [0, 0.05) is 28.0 Å². The molecule has 5 N–H and O–H groups in total. The predicted molar refractivity (Wildman–Crippen MR) is 147 cm³/mol. The number of anilines is 1. The van der Waals surface area contributed by atoms with Crippen molar-refractivity contribution in [2.24, 2.45) is 0 Å². The second kappa shape index (κ2) is 12.8. The monoisotopic (exact) mass is 633 g/mol. The van der Waals surface area contributed by atoms with Gasteiger partial charge in [-0.15, -0.1) is 0 Å². The maximum absolute atomic E-state index is 15.2. The van der Waals surface area contributed by atoms with Gasteiger partial charge in [0.15, 0.2) is 5.82 Å². The minimum Gasteiger partial charge on any atom is -0.412 e. The fourth-order valence-electron chi connectivity index (χ4n) is 3.45. The molecule has 0 unspecified atom stereocenters. The first-order valence-corrected chi connectivity index (χ1v) is 12.8. The fourth-order valence-corrected chi connectivity index (χ4v) is 4.96. The van der Waals surface area contributed by atoms with Gasteiger partial charge in [-0.2, -0.15) is 0 Å². The summed E-state index contributed by atoms with van der Waals surface area (Å²) in [6, 6.07) is 8.39. The number of pyridine rings is 1. The molecule has 0 aliphatic heterocycles.